The molecule has 2 aromatic rings. The van der Waals surface area contributed by atoms with Gasteiger partial charge in [0.25, 0.3) is 0 Å². The fourth-order valence-corrected chi connectivity index (χ4v) is 2.74. The largest absolute Gasteiger partial charge is 0.507 e. The maximum absolute atomic E-state index is 12.2. The van der Waals surface area contributed by atoms with Gasteiger partial charge in [0.15, 0.2) is 11.9 Å². The maximum atomic E-state index is 12.2. The number of carbonyl (C=O) groups excluding carboxylic acids is 2. The summed E-state index contributed by atoms with van der Waals surface area (Å²) in [5, 5.41) is 19.3. The van der Waals surface area contributed by atoms with Crippen molar-refractivity contribution in [1.82, 2.24) is 0 Å². The number of Topliss-reactive ketones (excluding diaryl/α,β-unsaturated/α-hetero) is 1. The van der Waals surface area contributed by atoms with E-state index in [4.69, 9.17) is 9.52 Å². The van der Waals surface area contributed by atoms with E-state index < -0.39 is 5.63 Å². The first-order valence-corrected chi connectivity index (χ1v) is 7.77. The van der Waals surface area contributed by atoms with Gasteiger partial charge in [0.05, 0.1) is 5.56 Å². The van der Waals surface area contributed by atoms with Crippen molar-refractivity contribution >= 4 is 23.0 Å². The number of aromatic hydroxyl groups is 1. The van der Waals surface area contributed by atoms with Crippen LogP contribution in [0.1, 0.15) is 46.3 Å². The predicted octanol–water partition coefficient (Wildman–Crippen LogP) is 2.20. The van der Waals surface area contributed by atoms with Gasteiger partial charge >= 0.3 is 5.63 Å². The van der Waals surface area contributed by atoms with Crippen LogP contribution >= 0.6 is 0 Å². The molecule has 0 spiro atoms. The molecule has 24 heavy (non-hydrogen) atoms. The summed E-state index contributed by atoms with van der Waals surface area (Å²) in [6, 6.07) is 1.66. The zero-order valence-electron chi connectivity index (χ0n) is 13.7. The van der Waals surface area contributed by atoms with E-state index in [9.17, 15) is 19.5 Å². The lowest BCUT2D eigenvalue weighted by Crippen LogP contribution is -2.13. The second-order valence-electron chi connectivity index (χ2n) is 5.81. The first-order chi connectivity index (χ1) is 11.4. The van der Waals surface area contributed by atoms with Crippen molar-refractivity contribution in [2.75, 3.05) is 6.61 Å². The number of hydrogen-bond acceptors (Lipinski definition) is 6. The normalized spacial score (nSPS) is 11.0. The van der Waals surface area contributed by atoms with E-state index in [1.165, 1.54) is 0 Å². The molecule has 0 aliphatic carbocycles. The molecule has 2 N–H and O–H groups in total. The molecule has 0 bridgehead atoms. The SMILES string of the molecule is Cc1cc2c(C)c(CCC(=O)CCCO)c(=O)oc2c(C=O)c1O. The third-order valence-electron chi connectivity index (χ3n) is 4.16. The van der Waals surface area contributed by atoms with Crippen LogP contribution in [0.4, 0.5) is 0 Å². The van der Waals surface area contributed by atoms with Crippen LogP contribution in [-0.4, -0.2) is 28.9 Å². The smallest absolute Gasteiger partial charge is 0.339 e. The average molecular weight is 332 g/mol. The average Bonchev–Trinajstić information content (AvgIpc) is 2.55. The molecule has 2 rings (SSSR count). The van der Waals surface area contributed by atoms with Gasteiger partial charge in [-0.3, -0.25) is 9.59 Å². The molecule has 1 heterocycles. The maximum Gasteiger partial charge on any atom is 0.339 e. The number of aldehydes is 1. The molecule has 1 aromatic heterocycles. The predicted molar refractivity (Wildman–Crippen MR) is 88.7 cm³/mol. The Morgan fingerprint density at radius 2 is 2.00 bits per heavy atom. The Balaban J connectivity index is 2.46. The number of phenolic OH excluding ortho intramolecular Hbond substituents is 1. The first kappa shape index (κ1) is 17.9. The van der Waals surface area contributed by atoms with Crippen molar-refractivity contribution in [3.05, 3.63) is 38.7 Å². The number of ketones is 1. The molecule has 0 saturated heterocycles. The van der Waals surface area contributed by atoms with E-state index >= 15 is 0 Å². The van der Waals surface area contributed by atoms with Gasteiger partial charge in [0, 0.05) is 30.4 Å². The number of carbonyl (C=O) groups is 2. The molecule has 0 radical (unpaired) electrons. The first-order valence-electron chi connectivity index (χ1n) is 7.77. The summed E-state index contributed by atoms with van der Waals surface area (Å²) in [5.41, 5.74) is 0.943. The lowest BCUT2D eigenvalue weighted by atomic mass is 9.97. The Labute approximate surface area is 138 Å². The fourth-order valence-electron chi connectivity index (χ4n) is 2.74. The molecule has 6 heteroatoms. The van der Waals surface area contributed by atoms with Gasteiger partial charge in [-0.2, -0.15) is 0 Å². The summed E-state index contributed by atoms with van der Waals surface area (Å²) in [4.78, 5) is 35.2. The zero-order valence-corrected chi connectivity index (χ0v) is 13.7. The molecule has 0 amide bonds. The molecule has 0 saturated carbocycles. The van der Waals surface area contributed by atoms with Crippen molar-refractivity contribution in [2.24, 2.45) is 0 Å². The Hall–Kier alpha value is -2.47. The third-order valence-corrected chi connectivity index (χ3v) is 4.16. The van der Waals surface area contributed by atoms with E-state index in [0.29, 0.717) is 34.8 Å². The molecule has 0 aliphatic heterocycles. The van der Waals surface area contributed by atoms with Crippen molar-refractivity contribution in [2.45, 2.75) is 39.5 Å². The summed E-state index contributed by atoms with van der Waals surface area (Å²) < 4.78 is 5.25. The highest BCUT2D eigenvalue weighted by molar-refractivity contribution is 5.99. The Morgan fingerprint density at radius 1 is 1.29 bits per heavy atom. The van der Waals surface area contributed by atoms with Crippen LogP contribution in [0, 0.1) is 13.8 Å². The van der Waals surface area contributed by atoms with Gasteiger partial charge in [0.1, 0.15) is 11.5 Å². The van der Waals surface area contributed by atoms with E-state index in [0.717, 1.165) is 0 Å². The lowest BCUT2D eigenvalue weighted by molar-refractivity contribution is -0.119. The zero-order chi connectivity index (χ0) is 17.9. The molecule has 1 aromatic carbocycles. The highest BCUT2D eigenvalue weighted by atomic mass is 16.4. The Morgan fingerprint density at radius 3 is 2.62 bits per heavy atom. The van der Waals surface area contributed by atoms with Gasteiger partial charge < -0.3 is 14.6 Å². The third kappa shape index (κ3) is 3.38. The van der Waals surface area contributed by atoms with Crippen LogP contribution in [-0.2, 0) is 11.2 Å². The molecular weight excluding hydrogens is 312 g/mol. The van der Waals surface area contributed by atoms with Gasteiger partial charge in [-0.25, -0.2) is 4.79 Å². The fraction of sp³-hybridized carbons (Fsp3) is 0.389. The number of benzene rings is 1. The minimum Gasteiger partial charge on any atom is -0.507 e. The van der Waals surface area contributed by atoms with Gasteiger partial charge in [-0.1, -0.05) is 0 Å². The van der Waals surface area contributed by atoms with Gasteiger partial charge in [0.2, 0.25) is 0 Å². The highest BCUT2D eigenvalue weighted by Crippen LogP contribution is 2.31. The molecule has 0 atom stereocenters. The topological polar surface area (TPSA) is 105 Å². The second-order valence-corrected chi connectivity index (χ2v) is 5.81. The van der Waals surface area contributed by atoms with Crippen LogP contribution in [0.3, 0.4) is 0 Å². The molecular formula is C18H20O6. The second kappa shape index (κ2) is 7.40. The Kier molecular flexibility index (Phi) is 5.51. The number of hydrogen-bond donors (Lipinski definition) is 2. The van der Waals surface area contributed by atoms with E-state index in [-0.39, 0.29) is 48.5 Å². The lowest BCUT2D eigenvalue weighted by Gasteiger charge is -2.11. The van der Waals surface area contributed by atoms with Crippen LogP contribution < -0.4 is 5.63 Å². The monoisotopic (exact) mass is 332 g/mol. The quantitative estimate of drug-likeness (QED) is 0.595. The number of phenols is 1. The number of aryl methyl sites for hydroxylation is 2. The number of rotatable bonds is 7. The molecule has 6 nitrogen and oxygen atoms in total. The van der Waals surface area contributed by atoms with Crippen LogP contribution in [0.2, 0.25) is 0 Å². The van der Waals surface area contributed by atoms with Crippen molar-refractivity contribution in [3.8, 4) is 5.75 Å². The van der Waals surface area contributed by atoms with Crippen molar-refractivity contribution in [1.29, 1.82) is 0 Å². The number of aliphatic hydroxyl groups excluding tert-OH is 1. The summed E-state index contributed by atoms with van der Waals surface area (Å²) >= 11 is 0. The molecule has 0 fully saturated rings. The summed E-state index contributed by atoms with van der Waals surface area (Å²) in [5.74, 6) is -0.231. The minimum absolute atomic E-state index is 0.0292. The standard InChI is InChI=1S/C18H20O6/c1-10-8-14-11(2)13(6-5-12(21)4-3-7-19)18(23)24-17(14)15(9-20)16(10)22/h8-9,19,22H,3-7H2,1-2H3. The Bertz CT molecular complexity index is 847. The van der Waals surface area contributed by atoms with E-state index in [1.807, 2.05) is 0 Å². The van der Waals surface area contributed by atoms with Crippen LogP contribution in [0.15, 0.2) is 15.3 Å². The van der Waals surface area contributed by atoms with E-state index in [1.54, 1.807) is 19.9 Å². The number of fused-ring (bicyclic) bond motifs is 1. The molecule has 128 valence electrons. The summed E-state index contributed by atoms with van der Waals surface area (Å²) in [6.07, 6.45) is 1.58. The summed E-state index contributed by atoms with van der Waals surface area (Å²) in [7, 11) is 0. The van der Waals surface area contributed by atoms with Crippen molar-refractivity contribution in [3.63, 3.8) is 0 Å². The van der Waals surface area contributed by atoms with Crippen molar-refractivity contribution < 1.29 is 24.2 Å². The summed E-state index contributed by atoms with van der Waals surface area (Å²) in [6.45, 7) is 3.35. The highest BCUT2D eigenvalue weighted by Gasteiger charge is 2.18. The van der Waals surface area contributed by atoms with Gasteiger partial charge in [-0.15, -0.1) is 0 Å². The van der Waals surface area contributed by atoms with Gasteiger partial charge in [-0.05, 0) is 43.9 Å². The van der Waals surface area contributed by atoms with Crippen LogP contribution in [0.5, 0.6) is 5.75 Å². The minimum atomic E-state index is -0.610. The van der Waals surface area contributed by atoms with E-state index in [2.05, 4.69) is 0 Å². The number of aliphatic hydroxyl groups is 1. The molecule has 0 aliphatic rings. The van der Waals surface area contributed by atoms with Crippen LogP contribution in [0.25, 0.3) is 11.0 Å². The molecule has 0 unspecified atom stereocenters.